The van der Waals surface area contributed by atoms with Gasteiger partial charge in [-0.2, -0.15) is 5.26 Å². The van der Waals surface area contributed by atoms with Crippen LogP contribution in [0.15, 0.2) is 63.5 Å². The molecular weight excluding hydrogens is 565 g/mol. The SMILES string of the molecule is CCOc1cc([C@@H]2C(C#N)=C(N)N(CCOC)C3=C2C(=O)CC(C)(C)C3)cc(Br)c1OCc1ccc(F)cc1. The zero-order valence-electron chi connectivity index (χ0n) is 22.6. The minimum absolute atomic E-state index is 0.000337. The summed E-state index contributed by atoms with van der Waals surface area (Å²) in [7, 11) is 1.61. The average molecular weight is 599 g/mol. The molecule has 7 nitrogen and oxygen atoms in total. The van der Waals surface area contributed by atoms with Crippen LogP contribution in [0, 0.1) is 22.6 Å². The molecule has 0 saturated carbocycles. The van der Waals surface area contributed by atoms with Gasteiger partial charge < -0.3 is 24.8 Å². The lowest BCUT2D eigenvalue weighted by atomic mass is 9.68. The van der Waals surface area contributed by atoms with E-state index in [9.17, 15) is 14.4 Å². The Bertz CT molecular complexity index is 1360. The van der Waals surface area contributed by atoms with Gasteiger partial charge in [-0.15, -0.1) is 0 Å². The number of rotatable bonds is 9. The van der Waals surface area contributed by atoms with Crippen LogP contribution in [0.25, 0.3) is 0 Å². The average Bonchev–Trinajstić information content (AvgIpc) is 2.87. The van der Waals surface area contributed by atoms with Crippen molar-refractivity contribution in [3.8, 4) is 17.6 Å². The molecule has 2 N–H and O–H groups in total. The summed E-state index contributed by atoms with van der Waals surface area (Å²) in [5.74, 6) is 0.307. The minimum Gasteiger partial charge on any atom is -0.490 e. The maximum Gasteiger partial charge on any atom is 0.175 e. The molecule has 1 aliphatic heterocycles. The third-order valence-electron chi connectivity index (χ3n) is 6.97. The van der Waals surface area contributed by atoms with Crippen molar-refractivity contribution in [3.05, 3.63) is 80.5 Å². The second-order valence-electron chi connectivity index (χ2n) is 10.5. The standard InChI is InChI=1S/C30H33BrFN3O4/c1-5-38-25-13-19(12-22(31)28(25)39-17-18-6-8-20(32)9-7-18)26-21(16-33)29(34)35(10-11-37-4)23-14-30(2,3)15-24(36)27(23)26/h6-9,12-13,26H,5,10-11,14-15,17,34H2,1-4H3/t26-/m1/s1. The van der Waals surface area contributed by atoms with Crippen molar-refractivity contribution in [2.24, 2.45) is 11.1 Å². The number of benzene rings is 2. The number of nitriles is 1. The smallest absolute Gasteiger partial charge is 0.175 e. The number of nitrogens with two attached hydrogens (primary N) is 1. The summed E-state index contributed by atoms with van der Waals surface area (Å²) >= 11 is 3.62. The number of nitrogens with zero attached hydrogens (tertiary/aromatic N) is 2. The van der Waals surface area contributed by atoms with Crippen LogP contribution in [0.5, 0.6) is 11.5 Å². The molecule has 0 amide bonds. The Labute approximate surface area is 237 Å². The fraction of sp³-hybridized carbons (Fsp3) is 0.400. The first-order valence-electron chi connectivity index (χ1n) is 12.9. The van der Waals surface area contributed by atoms with Crippen LogP contribution in [0.3, 0.4) is 0 Å². The van der Waals surface area contributed by atoms with Gasteiger partial charge >= 0.3 is 0 Å². The Morgan fingerprint density at radius 3 is 2.56 bits per heavy atom. The first-order chi connectivity index (χ1) is 18.6. The third-order valence-corrected chi connectivity index (χ3v) is 7.56. The van der Waals surface area contributed by atoms with Crippen molar-refractivity contribution in [1.82, 2.24) is 4.90 Å². The van der Waals surface area contributed by atoms with Gasteiger partial charge in [-0.1, -0.05) is 26.0 Å². The highest BCUT2D eigenvalue weighted by Crippen LogP contribution is 2.50. The van der Waals surface area contributed by atoms with Crippen LogP contribution in [-0.4, -0.2) is 37.6 Å². The van der Waals surface area contributed by atoms with Gasteiger partial charge in [-0.25, -0.2) is 4.39 Å². The first-order valence-corrected chi connectivity index (χ1v) is 13.7. The van der Waals surface area contributed by atoms with Gasteiger partial charge in [0.1, 0.15) is 18.2 Å². The van der Waals surface area contributed by atoms with Gasteiger partial charge in [-0.3, -0.25) is 4.79 Å². The molecule has 2 aromatic carbocycles. The van der Waals surface area contributed by atoms with Crippen LogP contribution in [0.1, 0.15) is 50.7 Å². The number of ketones is 1. The summed E-state index contributed by atoms with van der Waals surface area (Å²) in [6.45, 7) is 7.41. The van der Waals surface area contributed by atoms with E-state index < -0.39 is 5.92 Å². The normalized spacial score (nSPS) is 18.6. The zero-order chi connectivity index (χ0) is 28.3. The molecule has 0 aromatic heterocycles. The maximum atomic E-state index is 13.7. The highest BCUT2D eigenvalue weighted by molar-refractivity contribution is 9.10. The number of halogens is 2. The lowest BCUT2D eigenvalue weighted by molar-refractivity contribution is -0.118. The molecular formula is C30H33BrFN3O4. The highest BCUT2D eigenvalue weighted by Gasteiger charge is 2.44. The lowest BCUT2D eigenvalue weighted by Gasteiger charge is -2.43. The summed E-state index contributed by atoms with van der Waals surface area (Å²) in [4.78, 5) is 15.5. The summed E-state index contributed by atoms with van der Waals surface area (Å²) in [5.41, 5.74) is 9.61. The Hall–Kier alpha value is -3.35. The first kappa shape index (κ1) is 28.7. The monoisotopic (exact) mass is 597 g/mol. The van der Waals surface area contributed by atoms with E-state index >= 15 is 0 Å². The second kappa shape index (κ2) is 11.8. The number of carbonyl (C=O) groups is 1. The molecule has 0 spiro atoms. The molecule has 0 bridgehead atoms. The number of ether oxygens (including phenoxy) is 3. The molecule has 0 unspecified atom stereocenters. The van der Waals surface area contributed by atoms with Gasteiger partial charge in [-0.05, 0) is 70.1 Å². The van der Waals surface area contributed by atoms with Crippen LogP contribution in [-0.2, 0) is 16.1 Å². The summed E-state index contributed by atoms with van der Waals surface area (Å²) in [6.07, 6.45) is 1.02. The van der Waals surface area contributed by atoms with Crippen molar-refractivity contribution in [2.45, 2.75) is 46.1 Å². The molecule has 4 rings (SSSR count). The topological polar surface area (TPSA) is 97.8 Å². The molecule has 0 radical (unpaired) electrons. The number of carbonyl (C=O) groups excluding carboxylic acids is 1. The fourth-order valence-electron chi connectivity index (χ4n) is 5.24. The van der Waals surface area contributed by atoms with E-state index in [1.54, 1.807) is 19.2 Å². The molecule has 9 heteroatoms. The Balaban J connectivity index is 1.81. The third kappa shape index (κ3) is 5.97. The Kier molecular flexibility index (Phi) is 8.67. The molecule has 1 atom stereocenters. The van der Waals surface area contributed by atoms with Gasteiger partial charge in [0.25, 0.3) is 0 Å². The number of methoxy groups -OCH3 is 1. The van der Waals surface area contributed by atoms with E-state index in [0.717, 1.165) is 11.3 Å². The molecule has 1 aliphatic carbocycles. The van der Waals surface area contributed by atoms with Crippen molar-refractivity contribution >= 4 is 21.7 Å². The Morgan fingerprint density at radius 2 is 1.92 bits per heavy atom. The summed E-state index contributed by atoms with van der Waals surface area (Å²) in [6, 6.07) is 12.0. The van der Waals surface area contributed by atoms with Crippen LogP contribution in [0.4, 0.5) is 4.39 Å². The predicted molar refractivity (Wildman–Crippen MR) is 149 cm³/mol. The van der Waals surface area contributed by atoms with Gasteiger partial charge in [0.15, 0.2) is 17.3 Å². The van der Waals surface area contributed by atoms with E-state index in [2.05, 4.69) is 35.8 Å². The molecule has 1 heterocycles. The molecule has 206 valence electrons. The summed E-state index contributed by atoms with van der Waals surface area (Å²) < 4.78 is 31.3. The molecule has 2 aliphatic rings. The molecule has 0 saturated heterocycles. The van der Waals surface area contributed by atoms with Crippen molar-refractivity contribution in [2.75, 3.05) is 26.9 Å². The molecule has 2 aromatic rings. The number of allylic oxidation sites excluding steroid dienone is 3. The number of hydrogen-bond acceptors (Lipinski definition) is 7. The Morgan fingerprint density at radius 1 is 1.21 bits per heavy atom. The van der Waals surface area contributed by atoms with Gasteiger partial charge in [0.2, 0.25) is 0 Å². The highest BCUT2D eigenvalue weighted by atomic mass is 79.9. The maximum absolute atomic E-state index is 13.7. The van der Waals surface area contributed by atoms with Crippen LogP contribution >= 0.6 is 15.9 Å². The largest absolute Gasteiger partial charge is 0.490 e. The second-order valence-corrected chi connectivity index (χ2v) is 11.3. The van der Waals surface area contributed by atoms with E-state index in [1.165, 1.54) is 12.1 Å². The fourth-order valence-corrected chi connectivity index (χ4v) is 5.81. The van der Waals surface area contributed by atoms with Crippen molar-refractivity contribution in [1.29, 1.82) is 5.26 Å². The molecule has 0 fully saturated rings. The van der Waals surface area contributed by atoms with E-state index in [-0.39, 0.29) is 23.6 Å². The van der Waals surface area contributed by atoms with E-state index in [1.807, 2.05) is 24.0 Å². The summed E-state index contributed by atoms with van der Waals surface area (Å²) in [5, 5.41) is 10.3. The lowest BCUT2D eigenvalue weighted by Crippen LogP contribution is -2.43. The minimum atomic E-state index is -0.644. The van der Waals surface area contributed by atoms with Crippen LogP contribution in [0.2, 0.25) is 0 Å². The zero-order valence-corrected chi connectivity index (χ0v) is 24.2. The molecule has 39 heavy (non-hydrogen) atoms. The van der Waals surface area contributed by atoms with Gasteiger partial charge in [0.05, 0.1) is 35.2 Å². The van der Waals surface area contributed by atoms with Crippen LogP contribution < -0.4 is 15.2 Å². The van der Waals surface area contributed by atoms with Crippen molar-refractivity contribution < 1.29 is 23.4 Å². The predicted octanol–water partition coefficient (Wildman–Crippen LogP) is 5.95. The van der Waals surface area contributed by atoms with Gasteiger partial charge in [0, 0.05) is 31.3 Å². The van der Waals surface area contributed by atoms with E-state index in [0.29, 0.717) is 71.1 Å². The van der Waals surface area contributed by atoms with Crippen molar-refractivity contribution in [3.63, 3.8) is 0 Å². The van der Waals surface area contributed by atoms with E-state index in [4.69, 9.17) is 19.9 Å². The number of Topliss-reactive ketones (excluding diaryl/α,β-unsaturated/α-hetero) is 1. The number of hydrogen-bond donors (Lipinski definition) is 1. The quantitative estimate of drug-likeness (QED) is 0.381.